The first kappa shape index (κ1) is 15.2. The van der Waals surface area contributed by atoms with Crippen molar-refractivity contribution in [3.8, 4) is 0 Å². The molecule has 1 aromatic heterocycles. The Morgan fingerprint density at radius 3 is 2.40 bits per heavy atom. The van der Waals surface area contributed by atoms with E-state index in [1.165, 1.54) is 4.88 Å². The molecule has 6 heteroatoms. The van der Waals surface area contributed by atoms with E-state index >= 15 is 0 Å². The normalized spacial score (nSPS) is 11.7. The Kier molecular flexibility index (Phi) is 5.31. The van der Waals surface area contributed by atoms with Crippen LogP contribution in [-0.2, 0) is 28.7 Å². The predicted octanol–water partition coefficient (Wildman–Crippen LogP) is 1.87. The molecule has 0 amide bonds. The van der Waals surface area contributed by atoms with Crippen LogP contribution in [0.2, 0.25) is 0 Å². The first-order valence-corrected chi connectivity index (χ1v) is 8.90. The Labute approximate surface area is 123 Å². The van der Waals surface area contributed by atoms with Gasteiger partial charge in [-0.1, -0.05) is 30.3 Å². The fourth-order valence-electron chi connectivity index (χ4n) is 1.83. The topological polar surface area (TPSA) is 72.2 Å². The molecule has 0 atom stereocenters. The summed E-state index contributed by atoms with van der Waals surface area (Å²) < 4.78 is 26.5. The highest BCUT2D eigenvalue weighted by Gasteiger charge is 2.11. The highest BCUT2D eigenvalue weighted by atomic mass is 32.2. The van der Waals surface area contributed by atoms with Gasteiger partial charge in [0.1, 0.15) is 0 Å². The largest absolute Gasteiger partial charge is 0.326 e. The monoisotopic (exact) mass is 310 g/mol. The fraction of sp³-hybridized carbons (Fsp3) is 0.286. The molecule has 0 fully saturated rings. The summed E-state index contributed by atoms with van der Waals surface area (Å²) >= 11 is 1.63. The number of hydrogen-bond acceptors (Lipinski definition) is 4. The van der Waals surface area contributed by atoms with E-state index in [9.17, 15) is 8.42 Å². The van der Waals surface area contributed by atoms with Crippen LogP contribution in [0.1, 0.15) is 16.0 Å². The molecule has 2 rings (SSSR count). The Balaban J connectivity index is 1.86. The van der Waals surface area contributed by atoms with Crippen molar-refractivity contribution in [1.29, 1.82) is 0 Å². The Morgan fingerprint density at radius 2 is 1.80 bits per heavy atom. The minimum Gasteiger partial charge on any atom is -0.326 e. The minimum atomic E-state index is -3.28. The molecule has 0 aliphatic carbocycles. The standard InChI is InChI=1S/C14H18N2O2S2/c15-10-12-3-5-13(6-4-12)11-20(17,18)16-8-7-14-2-1-9-19-14/h1-6,9,16H,7-8,10-11,15H2. The van der Waals surface area contributed by atoms with Crippen molar-refractivity contribution in [2.75, 3.05) is 6.54 Å². The second-order valence-electron chi connectivity index (χ2n) is 4.50. The molecule has 0 saturated carbocycles. The molecule has 1 heterocycles. The van der Waals surface area contributed by atoms with Crippen molar-refractivity contribution in [3.63, 3.8) is 0 Å². The second kappa shape index (κ2) is 6.99. The number of rotatable bonds is 7. The first-order chi connectivity index (χ1) is 9.59. The fourth-order valence-corrected chi connectivity index (χ4v) is 3.68. The van der Waals surface area contributed by atoms with Gasteiger partial charge in [0.15, 0.2) is 0 Å². The van der Waals surface area contributed by atoms with Gasteiger partial charge in [-0.05, 0) is 29.0 Å². The lowest BCUT2D eigenvalue weighted by molar-refractivity contribution is 0.581. The Hall–Kier alpha value is -1.21. The van der Waals surface area contributed by atoms with E-state index in [1.807, 2.05) is 29.6 Å². The van der Waals surface area contributed by atoms with Crippen molar-refractivity contribution in [1.82, 2.24) is 4.72 Å². The first-order valence-electron chi connectivity index (χ1n) is 6.37. The number of benzene rings is 1. The van der Waals surface area contributed by atoms with E-state index in [0.29, 0.717) is 13.1 Å². The summed E-state index contributed by atoms with van der Waals surface area (Å²) in [6, 6.07) is 11.3. The van der Waals surface area contributed by atoms with E-state index in [0.717, 1.165) is 17.5 Å². The van der Waals surface area contributed by atoms with E-state index in [4.69, 9.17) is 5.73 Å². The molecule has 108 valence electrons. The molecule has 0 saturated heterocycles. The number of nitrogens with one attached hydrogen (secondary N) is 1. The number of sulfonamides is 1. The van der Waals surface area contributed by atoms with Gasteiger partial charge in [-0.25, -0.2) is 13.1 Å². The van der Waals surface area contributed by atoms with E-state index in [1.54, 1.807) is 23.5 Å². The lowest BCUT2D eigenvalue weighted by atomic mass is 10.1. The van der Waals surface area contributed by atoms with Crippen LogP contribution in [0.15, 0.2) is 41.8 Å². The summed E-state index contributed by atoms with van der Waals surface area (Å²) in [5.41, 5.74) is 7.28. The maximum atomic E-state index is 12.0. The summed E-state index contributed by atoms with van der Waals surface area (Å²) in [6.45, 7) is 0.899. The van der Waals surface area contributed by atoms with E-state index in [-0.39, 0.29) is 5.75 Å². The van der Waals surface area contributed by atoms with Crippen LogP contribution in [0.5, 0.6) is 0 Å². The van der Waals surface area contributed by atoms with Gasteiger partial charge in [0, 0.05) is 18.0 Å². The average molecular weight is 310 g/mol. The van der Waals surface area contributed by atoms with Crippen LogP contribution in [0.4, 0.5) is 0 Å². The van der Waals surface area contributed by atoms with Gasteiger partial charge in [0.05, 0.1) is 5.75 Å². The van der Waals surface area contributed by atoms with Crippen molar-refractivity contribution in [3.05, 3.63) is 57.8 Å². The molecule has 4 nitrogen and oxygen atoms in total. The van der Waals surface area contributed by atoms with Crippen molar-refractivity contribution in [2.24, 2.45) is 5.73 Å². The molecule has 2 aromatic rings. The smallest absolute Gasteiger partial charge is 0.215 e. The Bertz CT molecular complexity index is 620. The lowest BCUT2D eigenvalue weighted by Gasteiger charge is -2.07. The molecule has 0 aliphatic heterocycles. The zero-order valence-corrected chi connectivity index (χ0v) is 12.7. The third-order valence-corrected chi connectivity index (χ3v) is 5.18. The summed E-state index contributed by atoms with van der Waals surface area (Å²) in [6.07, 6.45) is 0.725. The van der Waals surface area contributed by atoms with Crippen LogP contribution in [-0.4, -0.2) is 15.0 Å². The molecule has 0 radical (unpaired) electrons. The second-order valence-corrected chi connectivity index (χ2v) is 7.34. The van der Waals surface area contributed by atoms with Crippen LogP contribution < -0.4 is 10.5 Å². The molecular weight excluding hydrogens is 292 g/mol. The third-order valence-electron chi connectivity index (χ3n) is 2.89. The zero-order valence-electron chi connectivity index (χ0n) is 11.1. The maximum absolute atomic E-state index is 12.0. The molecule has 20 heavy (non-hydrogen) atoms. The van der Waals surface area contributed by atoms with Gasteiger partial charge in [-0.2, -0.15) is 0 Å². The number of thiophene rings is 1. The predicted molar refractivity (Wildman–Crippen MR) is 83.0 cm³/mol. The SMILES string of the molecule is NCc1ccc(CS(=O)(=O)NCCc2cccs2)cc1. The molecule has 0 bridgehead atoms. The summed E-state index contributed by atoms with van der Waals surface area (Å²) in [5, 5.41) is 1.99. The minimum absolute atomic E-state index is 0.00227. The number of hydrogen-bond donors (Lipinski definition) is 2. The third kappa shape index (κ3) is 4.72. The quantitative estimate of drug-likeness (QED) is 0.820. The summed E-state index contributed by atoms with van der Waals surface area (Å²) in [4.78, 5) is 1.18. The van der Waals surface area contributed by atoms with Crippen molar-refractivity contribution >= 4 is 21.4 Å². The van der Waals surface area contributed by atoms with Gasteiger partial charge in [0.25, 0.3) is 0 Å². The molecule has 0 aliphatic rings. The van der Waals surface area contributed by atoms with Gasteiger partial charge in [-0.15, -0.1) is 11.3 Å². The zero-order chi connectivity index (χ0) is 14.4. The van der Waals surface area contributed by atoms with Crippen molar-refractivity contribution < 1.29 is 8.42 Å². The summed E-state index contributed by atoms with van der Waals surface area (Å²) in [5.74, 6) is 0.00227. The molecule has 0 unspecified atom stereocenters. The maximum Gasteiger partial charge on any atom is 0.215 e. The van der Waals surface area contributed by atoms with Gasteiger partial charge < -0.3 is 5.73 Å². The van der Waals surface area contributed by atoms with E-state index in [2.05, 4.69) is 4.72 Å². The van der Waals surface area contributed by atoms with Crippen LogP contribution in [0.25, 0.3) is 0 Å². The molecule has 3 N–H and O–H groups in total. The molecular formula is C14H18N2O2S2. The van der Waals surface area contributed by atoms with Crippen molar-refractivity contribution in [2.45, 2.75) is 18.7 Å². The Morgan fingerprint density at radius 1 is 1.10 bits per heavy atom. The number of nitrogens with two attached hydrogens (primary N) is 1. The summed E-state index contributed by atoms with van der Waals surface area (Å²) in [7, 11) is -3.28. The highest BCUT2D eigenvalue weighted by Crippen LogP contribution is 2.10. The van der Waals surface area contributed by atoms with Gasteiger partial charge in [-0.3, -0.25) is 0 Å². The van der Waals surface area contributed by atoms with Crippen LogP contribution in [0, 0.1) is 0 Å². The lowest BCUT2D eigenvalue weighted by Crippen LogP contribution is -2.27. The van der Waals surface area contributed by atoms with Gasteiger partial charge in [0.2, 0.25) is 10.0 Å². The van der Waals surface area contributed by atoms with E-state index < -0.39 is 10.0 Å². The van der Waals surface area contributed by atoms with Gasteiger partial charge >= 0.3 is 0 Å². The average Bonchev–Trinajstić information content (AvgIpc) is 2.92. The molecule has 0 spiro atoms. The van der Waals surface area contributed by atoms with Crippen LogP contribution >= 0.6 is 11.3 Å². The van der Waals surface area contributed by atoms with Crippen LogP contribution in [0.3, 0.4) is 0 Å². The highest BCUT2D eigenvalue weighted by molar-refractivity contribution is 7.88. The molecule has 1 aromatic carbocycles.